The number of nitrogens with one attached hydrogen (secondary N) is 1. The summed E-state index contributed by atoms with van der Waals surface area (Å²) in [6.45, 7) is 4.64. The predicted molar refractivity (Wildman–Crippen MR) is 113 cm³/mol. The molecule has 4 heterocycles. The van der Waals surface area contributed by atoms with Crippen LogP contribution in [-0.4, -0.2) is 57.8 Å². The van der Waals surface area contributed by atoms with Gasteiger partial charge in [0, 0.05) is 29.1 Å². The molecule has 2 fully saturated rings. The summed E-state index contributed by atoms with van der Waals surface area (Å²) in [6, 6.07) is 6.06. The molecule has 2 atom stereocenters. The van der Waals surface area contributed by atoms with Crippen LogP contribution in [0.25, 0.3) is 10.9 Å². The number of aromatic nitrogens is 3. The SMILES string of the molecule is Cc1cc(Nc2ncc3cc(Cl)c(C4CCN(C5COC5)C[C@@H]4F)cc3n2)sn1. The van der Waals surface area contributed by atoms with Gasteiger partial charge in [0.2, 0.25) is 5.95 Å². The Labute approximate surface area is 177 Å². The molecule has 9 heteroatoms. The summed E-state index contributed by atoms with van der Waals surface area (Å²) in [5, 5.41) is 5.47. The van der Waals surface area contributed by atoms with Gasteiger partial charge in [-0.2, -0.15) is 4.37 Å². The highest BCUT2D eigenvalue weighted by Crippen LogP contribution is 2.37. The maximum absolute atomic E-state index is 15.1. The van der Waals surface area contributed by atoms with Gasteiger partial charge in [-0.3, -0.25) is 4.90 Å². The lowest BCUT2D eigenvalue weighted by molar-refractivity contribution is -0.0806. The van der Waals surface area contributed by atoms with Gasteiger partial charge in [0.05, 0.1) is 30.5 Å². The maximum Gasteiger partial charge on any atom is 0.228 e. The van der Waals surface area contributed by atoms with Crippen LogP contribution in [0.1, 0.15) is 23.6 Å². The summed E-state index contributed by atoms with van der Waals surface area (Å²) in [7, 11) is 0. The van der Waals surface area contributed by atoms with E-state index in [0.29, 0.717) is 36.8 Å². The van der Waals surface area contributed by atoms with E-state index in [0.717, 1.165) is 40.1 Å². The minimum atomic E-state index is -0.959. The molecule has 6 nitrogen and oxygen atoms in total. The van der Waals surface area contributed by atoms with Gasteiger partial charge in [0.1, 0.15) is 11.2 Å². The minimum absolute atomic E-state index is 0.223. The summed E-state index contributed by atoms with van der Waals surface area (Å²) in [6.07, 6.45) is 1.51. The van der Waals surface area contributed by atoms with E-state index < -0.39 is 6.17 Å². The second kappa shape index (κ2) is 7.75. The van der Waals surface area contributed by atoms with Crippen LogP contribution in [0.3, 0.4) is 0 Å². The Morgan fingerprint density at radius 2 is 2.17 bits per heavy atom. The van der Waals surface area contributed by atoms with Crippen LogP contribution in [0.15, 0.2) is 24.4 Å². The fourth-order valence-corrected chi connectivity index (χ4v) is 4.96. The molecule has 0 amide bonds. The molecule has 2 saturated heterocycles. The number of benzene rings is 1. The monoisotopic (exact) mass is 433 g/mol. The zero-order valence-electron chi connectivity index (χ0n) is 15.9. The fraction of sp³-hybridized carbons (Fsp3) is 0.450. The van der Waals surface area contributed by atoms with E-state index in [4.69, 9.17) is 16.3 Å². The van der Waals surface area contributed by atoms with Crippen molar-refractivity contribution in [2.24, 2.45) is 0 Å². The van der Waals surface area contributed by atoms with Crippen LogP contribution in [0, 0.1) is 6.92 Å². The van der Waals surface area contributed by atoms with Crippen LogP contribution in [0.2, 0.25) is 5.02 Å². The van der Waals surface area contributed by atoms with Crippen LogP contribution in [0.5, 0.6) is 0 Å². The Morgan fingerprint density at radius 1 is 1.31 bits per heavy atom. The van der Waals surface area contributed by atoms with Gasteiger partial charge in [-0.05, 0) is 55.2 Å². The van der Waals surface area contributed by atoms with Crippen molar-refractivity contribution in [1.82, 2.24) is 19.2 Å². The van der Waals surface area contributed by atoms with Gasteiger partial charge in [-0.1, -0.05) is 11.6 Å². The highest BCUT2D eigenvalue weighted by atomic mass is 35.5. The van der Waals surface area contributed by atoms with Crippen molar-refractivity contribution in [3.05, 3.63) is 40.7 Å². The first-order valence-corrected chi connectivity index (χ1v) is 10.8. The molecule has 0 saturated carbocycles. The zero-order valence-corrected chi connectivity index (χ0v) is 17.5. The van der Waals surface area contributed by atoms with Gasteiger partial charge in [-0.15, -0.1) is 0 Å². The molecular formula is C20H21ClFN5OS. The quantitative estimate of drug-likeness (QED) is 0.661. The van der Waals surface area contributed by atoms with Gasteiger partial charge in [-0.25, -0.2) is 14.4 Å². The lowest BCUT2D eigenvalue weighted by atomic mass is 9.86. The highest BCUT2D eigenvalue weighted by molar-refractivity contribution is 7.10. The number of piperidine rings is 1. The number of hydrogen-bond acceptors (Lipinski definition) is 7. The van der Waals surface area contributed by atoms with Crippen molar-refractivity contribution in [3.63, 3.8) is 0 Å². The number of hydrogen-bond donors (Lipinski definition) is 1. The van der Waals surface area contributed by atoms with Crippen molar-refractivity contribution in [2.75, 3.05) is 31.6 Å². The Kier molecular flexibility index (Phi) is 5.11. The molecule has 0 bridgehead atoms. The summed E-state index contributed by atoms with van der Waals surface area (Å²) < 4.78 is 24.6. The number of anilines is 2. The number of alkyl halides is 1. The lowest BCUT2D eigenvalue weighted by Crippen LogP contribution is -2.54. The topological polar surface area (TPSA) is 63.2 Å². The third-order valence-electron chi connectivity index (χ3n) is 5.67. The number of rotatable bonds is 4. The molecular weight excluding hydrogens is 413 g/mol. The molecule has 2 aliphatic heterocycles. The maximum atomic E-state index is 15.1. The minimum Gasteiger partial charge on any atom is -0.378 e. The lowest BCUT2D eigenvalue weighted by Gasteiger charge is -2.43. The van der Waals surface area contributed by atoms with Crippen LogP contribution in [-0.2, 0) is 4.74 Å². The Bertz CT molecular complexity index is 1040. The van der Waals surface area contributed by atoms with Gasteiger partial charge in [0.15, 0.2) is 0 Å². The van der Waals surface area contributed by atoms with E-state index >= 15 is 4.39 Å². The summed E-state index contributed by atoms with van der Waals surface area (Å²) in [4.78, 5) is 11.2. The van der Waals surface area contributed by atoms with E-state index in [1.807, 2.05) is 25.1 Å². The van der Waals surface area contributed by atoms with Crippen LogP contribution in [0.4, 0.5) is 15.3 Å². The first-order valence-electron chi connectivity index (χ1n) is 9.69. The zero-order chi connectivity index (χ0) is 20.0. The summed E-state index contributed by atoms with van der Waals surface area (Å²) in [5.41, 5.74) is 2.53. The number of ether oxygens (including phenoxy) is 1. The smallest absolute Gasteiger partial charge is 0.228 e. The molecule has 152 valence electrons. The van der Waals surface area contributed by atoms with Crippen molar-refractivity contribution in [2.45, 2.75) is 31.5 Å². The Hall–Kier alpha value is -1.87. The second-order valence-electron chi connectivity index (χ2n) is 7.68. The molecule has 0 radical (unpaired) electrons. The summed E-state index contributed by atoms with van der Waals surface area (Å²) >= 11 is 7.90. The van der Waals surface area contributed by atoms with E-state index in [9.17, 15) is 0 Å². The van der Waals surface area contributed by atoms with E-state index in [2.05, 4.69) is 24.6 Å². The molecule has 3 aromatic rings. The van der Waals surface area contributed by atoms with E-state index in [1.165, 1.54) is 11.5 Å². The predicted octanol–water partition coefficient (Wildman–Crippen LogP) is 4.32. The molecule has 2 aromatic heterocycles. The standard InChI is InChI=1S/C20H21ClFN5OS/c1-11-4-19(29-26-11)25-20-23-7-12-5-16(21)15(6-18(12)24-20)14-2-3-27(8-17(14)22)13-9-28-10-13/h4-7,13-14,17H,2-3,8-10H2,1H3,(H,23,24,25)/t14?,17-/m0/s1. The van der Waals surface area contributed by atoms with Crippen molar-refractivity contribution in [3.8, 4) is 0 Å². The second-order valence-corrected chi connectivity index (χ2v) is 8.89. The molecule has 5 rings (SSSR count). The Balaban J connectivity index is 1.40. The molecule has 2 aliphatic rings. The average molecular weight is 434 g/mol. The summed E-state index contributed by atoms with van der Waals surface area (Å²) in [5.74, 6) is 0.269. The van der Waals surface area contributed by atoms with Crippen molar-refractivity contribution >= 4 is 45.0 Å². The first kappa shape index (κ1) is 19.1. The van der Waals surface area contributed by atoms with Crippen molar-refractivity contribution in [1.29, 1.82) is 0 Å². The van der Waals surface area contributed by atoms with Crippen molar-refractivity contribution < 1.29 is 9.13 Å². The third kappa shape index (κ3) is 3.82. The van der Waals surface area contributed by atoms with Gasteiger partial charge in [0.25, 0.3) is 0 Å². The number of nitrogens with zero attached hydrogens (tertiary/aromatic N) is 4. The number of aryl methyl sites for hydroxylation is 1. The molecule has 29 heavy (non-hydrogen) atoms. The first-order chi connectivity index (χ1) is 14.1. The molecule has 1 aromatic carbocycles. The fourth-order valence-electron chi connectivity index (χ4n) is 3.99. The number of fused-ring (bicyclic) bond motifs is 1. The largest absolute Gasteiger partial charge is 0.378 e. The van der Waals surface area contributed by atoms with E-state index in [1.54, 1.807) is 6.20 Å². The highest BCUT2D eigenvalue weighted by Gasteiger charge is 2.36. The van der Waals surface area contributed by atoms with Crippen LogP contribution < -0.4 is 5.32 Å². The molecule has 0 spiro atoms. The average Bonchev–Trinajstić information content (AvgIpc) is 3.05. The van der Waals surface area contributed by atoms with Crippen LogP contribution >= 0.6 is 23.1 Å². The Morgan fingerprint density at radius 3 is 2.86 bits per heavy atom. The number of halogens is 2. The molecule has 0 aliphatic carbocycles. The molecule has 1 N–H and O–H groups in total. The molecule has 1 unspecified atom stereocenters. The van der Waals surface area contributed by atoms with E-state index in [-0.39, 0.29) is 5.92 Å². The van der Waals surface area contributed by atoms with Gasteiger partial charge >= 0.3 is 0 Å². The number of likely N-dealkylation sites (tertiary alicyclic amines) is 1. The normalized spacial score (nSPS) is 23.3. The third-order valence-corrected chi connectivity index (χ3v) is 6.79. The van der Waals surface area contributed by atoms with Gasteiger partial charge < -0.3 is 10.1 Å².